The molecule has 3 N–H and O–H groups in total. The molecule has 1 fully saturated rings. The van der Waals surface area contributed by atoms with Gasteiger partial charge in [-0.05, 0) is 38.1 Å². The van der Waals surface area contributed by atoms with Crippen LogP contribution >= 0.6 is 0 Å². The summed E-state index contributed by atoms with van der Waals surface area (Å²) in [5.41, 5.74) is 1.40. The number of quaternary nitrogens is 2. The molecule has 0 unspecified atom stereocenters. The Hall–Kier alpha value is -1.92. The summed E-state index contributed by atoms with van der Waals surface area (Å²) in [6.45, 7) is 10.2. The molecular formula is C18H30N4O2+2. The summed E-state index contributed by atoms with van der Waals surface area (Å²) in [6, 6.07) is 7.17. The van der Waals surface area contributed by atoms with E-state index < -0.39 is 0 Å². The molecule has 1 aromatic rings. The van der Waals surface area contributed by atoms with Crippen molar-refractivity contribution in [3.63, 3.8) is 0 Å². The maximum absolute atomic E-state index is 12.3. The number of piperazine rings is 1. The van der Waals surface area contributed by atoms with Crippen LogP contribution in [0, 0.1) is 0 Å². The van der Waals surface area contributed by atoms with Crippen LogP contribution in [0.15, 0.2) is 24.3 Å². The van der Waals surface area contributed by atoms with Crippen molar-refractivity contribution in [3.8, 4) is 0 Å². The molecule has 2 rings (SSSR count). The molecule has 0 aromatic heterocycles. The molecular weight excluding hydrogens is 304 g/mol. The van der Waals surface area contributed by atoms with Gasteiger partial charge in [-0.1, -0.05) is 0 Å². The van der Waals surface area contributed by atoms with Gasteiger partial charge in [0.1, 0.15) is 26.2 Å². The second-order valence-corrected chi connectivity index (χ2v) is 6.49. The normalized spacial score (nSPS) is 20.5. The zero-order valence-corrected chi connectivity index (χ0v) is 15.0. The first kappa shape index (κ1) is 18.4. The van der Waals surface area contributed by atoms with E-state index in [4.69, 9.17) is 0 Å². The van der Waals surface area contributed by atoms with E-state index in [1.807, 2.05) is 13.8 Å². The van der Waals surface area contributed by atoms with Crippen LogP contribution in [0.4, 0.5) is 5.69 Å². The number of rotatable bonds is 6. The quantitative estimate of drug-likeness (QED) is 0.594. The minimum Gasteiger partial charge on any atom is -0.339 e. The molecule has 1 aliphatic heterocycles. The summed E-state index contributed by atoms with van der Waals surface area (Å²) < 4.78 is 0. The van der Waals surface area contributed by atoms with Gasteiger partial charge < -0.3 is 20.0 Å². The fraction of sp³-hybridized carbons (Fsp3) is 0.556. The summed E-state index contributed by atoms with van der Waals surface area (Å²) in [4.78, 5) is 29.1. The Morgan fingerprint density at radius 2 is 1.62 bits per heavy atom. The largest absolute Gasteiger partial charge is 0.339 e. The van der Waals surface area contributed by atoms with Crippen LogP contribution in [0.1, 0.15) is 24.2 Å². The van der Waals surface area contributed by atoms with Crippen LogP contribution in [0.25, 0.3) is 0 Å². The molecule has 1 heterocycles. The van der Waals surface area contributed by atoms with E-state index in [0.29, 0.717) is 25.2 Å². The summed E-state index contributed by atoms with van der Waals surface area (Å²) in [5, 5.41) is 2.93. The Bertz CT molecular complexity index is 547. The Balaban J connectivity index is 1.87. The van der Waals surface area contributed by atoms with Gasteiger partial charge in [-0.25, -0.2) is 0 Å². The molecule has 0 atom stereocenters. The monoisotopic (exact) mass is 334 g/mol. The van der Waals surface area contributed by atoms with Crippen LogP contribution in [0.2, 0.25) is 0 Å². The molecule has 132 valence electrons. The first-order valence-corrected chi connectivity index (χ1v) is 8.87. The minimum atomic E-state index is 0.0299. The molecule has 0 radical (unpaired) electrons. The Morgan fingerprint density at radius 1 is 1.04 bits per heavy atom. The van der Waals surface area contributed by atoms with Crippen LogP contribution in [0.5, 0.6) is 0 Å². The van der Waals surface area contributed by atoms with Crippen molar-refractivity contribution in [1.29, 1.82) is 0 Å². The van der Waals surface area contributed by atoms with Crippen LogP contribution in [-0.4, -0.2) is 69.6 Å². The van der Waals surface area contributed by atoms with Crippen molar-refractivity contribution in [2.75, 3.05) is 58.2 Å². The molecule has 24 heavy (non-hydrogen) atoms. The lowest BCUT2D eigenvalue weighted by atomic mass is 10.1. The van der Waals surface area contributed by atoms with E-state index in [1.165, 1.54) is 9.80 Å². The van der Waals surface area contributed by atoms with Crippen molar-refractivity contribution in [2.24, 2.45) is 0 Å². The SMILES string of the molecule is CCN(CC)C(=O)c1ccc(NC(=O)C[NH+]2CC[NH+](C)CC2)cc1. The predicted octanol–water partition coefficient (Wildman–Crippen LogP) is -1.48. The number of hydrogen-bond donors (Lipinski definition) is 3. The minimum absolute atomic E-state index is 0.0299. The number of likely N-dealkylation sites (N-methyl/N-ethyl adjacent to an activating group) is 1. The summed E-state index contributed by atoms with van der Waals surface area (Å²) >= 11 is 0. The average molecular weight is 334 g/mol. The highest BCUT2D eigenvalue weighted by atomic mass is 16.2. The van der Waals surface area contributed by atoms with Gasteiger partial charge in [-0.2, -0.15) is 0 Å². The number of nitrogens with zero attached hydrogens (tertiary/aromatic N) is 1. The van der Waals surface area contributed by atoms with E-state index in [-0.39, 0.29) is 11.8 Å². The van der Waals surface area contributed by atoms with Crippen molar-refractivity contribution >= 4 is 17.5 Å². The van der Waals surface area contributed by atoms with Crippen molar-refractivity contribution in [2.45, 2.75) is 13.8 Å². The van der Waals surface area contributed by atoms with E-state index >= 15 is 0 Å². The van der Waals surface area contributed by atoms with E-state index in [2.05, 4.69) is 12.4 Å². The molecule has 1 aromatic carbocycles. The highest BCUT2D eigenvalue weighted by Crippen LogP contribution is 2.11. The standard InChI is InChI=1S/C18H28N4O2/c1-4-22(5-2)18(24)15-6-8-16(9-7-15)19-17(23)14-21-12-10-20(3)11-13-21/h6-9H,4-5,10-14H2,1-3H3,(H,19,23)/p+2. The number of amides is 2. The zero-order valence-electron chi connectivity index (χ0n) is 15.0. The molecule has 1 saturated heterocycles. The van der Waals surface area contributed by atoms with Crippen LogP contribution in [-0.2, 0) is 4.79 Å². The van der Waals surface area contributed by atoms with Gasteiger partial charge in [0, 0.05) is 24.3 Å². The maximum Gasteiger partial charge on any atom is 0.279 e. The second kappa shape index (κ2) is 8.80. The van der Waals surface area contributed by atoms with Crippen LogP contribution < -0.4 is 15.1 Å². The fourth-order valence-corrected chi connectivity index (χ4v) is 3.03. The van der Waals surface area contributed by atoms with Crippen LogP contribution in [0.3, 0.4) is 0 Å². The highest BCUT2D eigenvalue weighted by Gasteiger charge is 2.22. The average Bonchev–Trinajstić information content (AvgIpc) is 2.58. The van der Waals surface area contributed by atoms with E-state index in [9.17, 15) is 9.59 Å². The number of carbonyl (C=O) groups excluding carboxylic acids is 2. The molecule has 0 aliphatic carbocycles. The molecule has 6 heteroatoms. The predicted molar refractivity (Wildman–Crippen MR) is 94.5 cm³/mol. The lowest BCUT2D eigenvalue weighted by Crippen LogP contribution is -3.27. The summed E-state index contributed by atoms with van der Waals surface area (Å²) in [5.74, 6) is 0.0645. The summed E-state index contributed by atoms with van der Waals surface area (Å²) in [6.07, 6.45) is 0. The number of hydrogen-bond acceptors (Lipinski definition) is 2. The Labute approximate surface area is 144 Å². The number of benzene rings is 1. The highest BCUT2D eigenvalue weighted by molar-refractivity contribution is 5.96. The van der Waals surface area contributed by atoms with Gasteiger partial charge >= 0.3 is 0 Å². The van der Waals surface area contributed by atoms with E-state index in [1.54, 1.807) is 29.2 Å². The molecule has 2 amide bonds. The third-order valence-corrected chi connectivity index (χ3v) is 4.69. The third-order valence-electron chi connectivity index (χ3n) is 4.69. The lowest BCUT2D eigenvalue weighted by molar-refractivity contribution is -0.999. The third kappa shape index (κ3) is 5.04. The number of anilines is 1. The maximum atomic E-state index is 12.3. The van der Waals surface area contributed by atoms with Crippen molar-refractivity contribution in [3.05, 3.63) is 29.8 Å². The molecule has 0 spiro atoms. The summed E-state index contributed by atoms with van der Waals surface area (Å²) in [7, 11) is 2.19. The topological polar surface area (TPSA) is 58.3 Å². The number of carbonyl (C=O) groups is 2. The number of nitrogens with one attached hydrogen (secondary N) is 3. The molecule has 0 saturated carbocycles. The molecule has 0 bridgehead atoms. The zero-order chi connectivity index (χ0) is 17.5. The van der Waals surface area contributed by atoms with Gasteiger partial charge in [0.25, 0.3) is 11.8 Å². The fourth-order valence-electron chi connectivity index (χ4n) is 3.03. The van der Waals surface area contributed by atoms with Gasteiger partial charge in [0.05, 0.1) is 7.05 Å². The van der Waals surface area contributed by atoms with E-state index in [0.717, 1.165) is 31.9 Å². The van der Waals surface area contributed by atoms with Crippen molar-refractivity contribution in [1.82, 2.24) is 4.90 Å². The first-order valence-electron chi connectivity index (χ1n) is 8.87. The van der Waals surface area contributed by atoms with Gasteiger partial charge in [-0.3, -0.25) is 9.59 Å². The molecule has 6 nitrogen and oxygen atoms in total. The Morgan fingerprint density at radius 3 is 2.17 bits per heavy atom. The Kier molecular flexibility index (Phi) is 6.75. The first-order chi connectivity index (χ1) is 11.5. The van der Waals surface area contributed by atoms with Crippen molar-refractivity contribution < 1.29 is 19.4 Å². The van der Waals surface area contributed by atoms with Gasteiger partial charge in [-0.15, -0.1) is 0 Å². The molecule has 1 aliphatic rings. The van der Waals surface area contributed by atoms with Gasteiger partial charge in [0.15, 0.2) is 6.54 Å². The lowest BCUT2D eigenvalue weighted by Gasteiger charge is -2.26. The smallest absolute Gasteiger partial charge is 0.279 e. The second-order valence-electron chi connectivity index (χ2n) is 6.49. The van der Waals surface area contributed by atoms with Gasteiger partial charge in [0.2, 0.25) is 0 Å².